The number of morpholine rings is 1. The number of nitrogens with zero attached hydrogens (tertiary/aromatic N) is 3. The van der Waals surface area contributed by atoms with Crippen LogP contribution < -0.4 is 0 Å². The van der Waals surface area contributed by atoms with Gasteiger partial charge in [-0.05, 0) is 19.4 Å². The monoisotopic (exact) mass is 329 g/mol. The predicted octanol–water partition coefficient (Wildman–Crippen LogP) is 1.70. The Morgan fingerprint density at radius 2 is 2.37 bits per heavy atom. The van der Waals surface area contributed by atoms with E-state index in [1.807, 2.05) is 24.8 Å². The van der Waals surface area contributed by atoms with Gasteiger partial charge in [-0.15, -0.1) is 0 Å². The zero-order valence-corrected chi connectivity index (χ0v) is 13.0. The molecular weight excluding hydrogens is 310 g/mol. The van der Waals surface area contributed by atoms with Crippen molar-refractivity contribution in [3.63, 3.8) is 0 Å². The van der Waals surface area contributed by atoms with Gasteiger partial charge in [-0.3, -0.25) is 9.48 Å². The molecule has 1 aromatic heterocycles. The first kappa shape index (κ1) is 14.5. The maximum atomic E-state index is 12.6. The minimum Gasteiger partial charge on any atom is -0.374 e. The molecule has 1 unspecified atom stereocenters. The highest BCUT2D eigenvalue weighted by molar-refractivity contribution is 9.09. The highest BCUT2D eigenvalue weighted by Crippen LogP contribution is 2.14. The summed E-state index contributed by atoms with van der Waals surface area (Å²) in [6.07, 6.45) is 0.932. The third-order valence-corrected chi connectivity index (χ3v) is 4.03. The summed E-state index contributed by atoms with van der Waals surface area (Å²) in [4.78, 5) is 14.4. The average molecular weight is 330 g/mol. The summed E-state index contributed by atoms with van der Waals surface area (Å²) in [5, 5.41) is 5.18. The van der Waals surface area contributed by atoms with Crippen molar-refractivity contribution in [1.82, 2.24) is 14.7 Å². The van der Waals surface area contributed by atoms with Gasteiger partial charge < -0.3 is 9.64 Å². The molecule has 2 rings (SSSR count). The summed E-state index contributed by atoms with van der Waals surface area (Å²) in [6.45, 7) is 6.66. The van der Waals surface area contributed by atoms with Crippen molar-refractivity contribution in [2.75, 3.05) is 25.0 Å². The molecule has 1 amide bonds. The Hall–Kier alpha value is -0.880. The van der Waals surface area contributed by atoms with Crippen LogP contribution in [-0.2, 0) is 17.7 Å². The molecule has 1 aromatic rings. The van der Waals surface area contributed by atoms with E-state index in [9.17, 15) is 4.79 Å². The minimum atomic E-state index is 0.0586. The third kappa shape index (κ3) is 3.17. The summed E-state index contributed by atoms with van der Waals surface area (Å²) in [7, 11) is 0. The van der Waals surface area contributed by atoms with E-state index in [2.05, 4.69) is 21.0 Å². The Balaban J connectivity index is 2.16. The van der Waals surface area contributed by atoms with Crippen LogP contribution in [0.1, 0.15) is 30.0 Å². The van der Waals surface area contributed by atoms with E-state index < -0.39 is 0 Å². The standard InChI is InChI=1S/C13H20BrN3O2/c1-3-10-7-12(17(4-2)15-10)13(18)16-5-6-19-11(8-14)9-16/h7,11H,3-6,8-9H2,1-2H3. The van der Waals surface area contributed by atoms with Gasteiger partial charge in [-0.1, -0.05) is 22.9 Å². The zero-order chi connectivity index (χ0) is 13.8. The Kier molecular flexibility index (Phi) is 4.99. The van der Waals surface area contributed by atoms with Crippen molar-refractivity contribution < 1.29 is 9.53 Å². The maximum Gasteiger partial charge on any atom is 0.272 e. The van der Waals surface area contributed by atoms with Crippen molar-refractivity contribution in [1.29, 1.82) is 0 Å². The normalized spacial score (nSPS) is 19.7. The van der Waals surface area contributed by atoms with Gasteiger partial charge in [0.15, 0.2) is 0 Å². The SMILES string of the molecule is CCc1cc(C(=O)N2CCOC(CBr)C2)n(CC)n1. The second kappa shape index (κ2) is 6.52. The smallest absolute Gasteiger partial charge is 0.272 e. The number of hydrogen-bond donors (Lipinski definition) is 0. The van der Waals surface area contributed by atoms with E-state index >= 15 is 0 Å². The second-order valence-corrected chi connectivity index (χ2v) is 5.24. The number of halogens is 1. The van der Waals surface area contributed by atoms with Crippen LogP contribution in [0.3, 0.4) is 0 Å². The fourth-order valence-corrected chi connectivity index (χ4v) is 2.61. The molecule has 0 radical (unpaired) electrons. The number of aromatic nitrogens is 2. The predicted molar refractivity (Wildman–Crippen MR) is 76.7 cm³/mol. The Labute approximate surface area is 122 Å². The second-order valence-electron chi connectivity index (χ2n) is 4.59. The van der Waals surface area contributed by atoms with Gasteiger partial charge in [0.25, 0.3) is 5.91 Å². The van der Waals surface area contributed by atoms with Gasteiger partial charge in [0.2, 0.25) is 0 Å². The average Bonchev–Trinajstić information content (AvgIpc) is 2.89. The fraction of sp³-hybridized carbons (Fsp3) is 0.692. The van der Waals surface area contributed by atoms with Gasteiger partial charge in [0.05, 0.1) is 18.4 Å². The molecule has 1 fully saturated rings. The summed E-state index contributed by atoms with van der Waals surface area (Å²) in [5.41, 5.74) is 1.66. The van der Waals surface area contributed by atoms with Crippen molar-refractivity contribution in [2.45, 2.75) is 32.9 Å². The molecule has 2 heterocycles. The maximum absolute atomic E-state index is 12.6. The molecule has 5 nitrogen and oxygen atoms in total. The lowest BCUT2D eigenvalue weighted by atomic mass is 10.2. The summed E-state index contributed by atoms with van der Waals surface area (Å²) < 4.78 is 7.35. The number of alkyl halides is 1. The molecule has 0 bridgehead atoms. The number of rotatable bonds is 4. The molecule has 19 heavy (non-hydrogen) atoms. The van der Waals surface area contributed by atoms with Crippen molar-refractivity contribution in [2.24, 2.45) is 0 Å². The van der Waals surface area contributed by atoms with Crippen LogP contribution in [0.25, 0.3) is 0 Å². The highest BCUT2D eigenvalue weighted by Gasteiger charge is 2.26. The largest absolute Gasteiger partial charge is 0.374 e. The van der Waals surface area contributed by atoms with E-state index in [1.165, 1.54) is 0 Å². The van der Waals surface area contributed by atoms with Crippen molar-refractivity contribution in [3.8, 4) is 0 Å². The van der Waals surface area contributed by atoms with Gasteiger partial charge in [-0.25, -0.2) is 0 Å². The lowest BCUT2D eigenvalue weighted by Gasteiger charge is -2.32. The Bertz CT molecular complexity index is 447. The Morgan fingerprint density at radius 1 is 1.58 bits per heavy atom. The van der Waals surface area contributed by atoms with Crippen LogP contribution in [0.2, 0.25) is 0 Å². The lowest BCUT2D eigenvalue weighted by molar-refractivity contribution is -0.0101. The van der Waals surface area contributed by atoms with Crippen molar-refractivity contribution in [3.05, 3.63) is 17.5 Å². The van der Waals surface area contributed by atoms with Crippen LogP contribution in [0.5, 0.6) is 0 Å². The van der Waals surface area contributed by atoms with Gasteiger partial charge in [-0.2, -0.15) is 5.10 Å². The molecule has 0 aliphatic carbocycles. The first-order valence-corrected chi connectivity index (χ1v) is 7.85. The number of carbonyl (C=O) groups excluding carboxylic acids is 1. The van der Waals surface area contributed by atoms with E-state index in [4.69, 9.17) is 4.74 Å². The van der Waals surface area contributed by atoms with E-state index in [1.54, 1.807) is 4.68 Å². The summed E-state index contributed by atoms with van der Waals surface area (Å²) in [5.74, 6) is 0.0586. The van der Waals surface area contributed by atoms with Crippen LogP contribution in [-0.4, -0.2) is 51.7 Å². The minimum absolute atomic E-state index is 0.0586. The van der Waals surface area contributed by atoms with Crippen molar-refractivity contribution >= 4 is 21.8 Å². The Morgan fingerprint density at radius 3 is 3.00 bits per heavy atom. The van der Waals surface area contributed by atoms with E-state index in [0.29, 0.717) is 31.9 Å². The van der Waals surface area contributed by atoms with Crippen LogP contribution >= 0.6 is 15.9 Å². The van der Waals surface area contributed by atoms with E-state index in [0.717, 1.165) is 17.4 Å². The number of hydrogen-bond acceptors (Lipinski definition) is 3. The zero-order valence-electron chi connectivity index (χ0n) is 11.4. The number of carbonyl (C=O) groups is 1. The molecule has 106 valence electrons. The van der Waals surface area contributed by atoms with Crippen LogP contribution in [0, 0.1) is 0 Å². The third-order valence-electron chi connectivity index (χ3n) is 3.31. The molecule has 1 aliphatic heterocycles. The van der Waals surface area contributed by atoms with Gasteiger partial charge in [0.1, 0.15) is 5.69 Å². The number of ether oxygens (including phenoxy) is 1. The summed E-state index contributed by atoms with van der Waals surface area (Å²) in [6, 6.07) is 1.91. The number of amides is 1. The van der Waals surface area contributed by atoms with Gasteiger partial charge in [0, 0.05) is 25.0 Å². The van der Waals surface area contributed by atoms with Crippen LogP contribution in [0.15, 0.2) is 6.07 Å². The van der Waals surface area contributed by atoms with E-state index in [-0.39, 0.29) is 12.0 Å². The molecule has 1 aliphatic rings. The molecule has 0 N–H and O–H groups in total. The topological polar surface area (TPSA) is 47.4 Å². The quantitative estimate of drug-likeness (QED) is 0.790. The first-order valence-electron chi connectivity index (χ1n) is 6.73. The molecule has 1 atom stereocenters. The molecular formula is C13H20BrN3O2. The fourth-order valence-electron chi connectivity index (χ4n) is 2.22. The molecule has 1 saturated heterocycles. The molecule has 0 spiro atoms. The molecule has 0 aromatic carbocycles. The summed E-state index contributed by atoms with van der Waals surface area (Å²) >= 11 is 3.41. The lowest BCUT2D eigenvalue weighted by Crippen LogP contribution is -2.46. The van der Waals surface area contributed by atoms with Crippen LogP contribution in [0.4, 0.5) is 0 Å². The highest BCUT2D eigenvalue weighted by atomic mass is 79.9. The first-order chi connectivity index (χ1) is 9.19. The number of aryl methyl sites for hydroxylation is 2. The van der Waals surface area contributed by atoms with Gasteiger partial charge >= 0.3 is 0 Å². The molecule has 6 heteroatoms. The molecule has 0 saturated carbocycles.